The van der Waals surface area contributed by atoms with E-state index in [-0.39, 0.29) is 0 Å². The highest BCUT2D eigenvalue weighted by molar-refractivity contribution is 7.63. The minimum atomic E-state index is -3.92. The van der Waals surface area contributed by atoms with Gasteiger partial charge < -0.3 is 13.8 Å². The van der Waals surface area contributed by atoms with Crippen molar-refractivity contribution in [1.29, 1.82) is 0 Å². The predicted octanol–water partition coefficient (Wildman–Crippen LogP) is 8.65. The van der Waals surface area contributed by atoms with Crippen LogP contribution in [0.15, 0.2) is 133 Å². The Hall–Kier alpha value is -4.53. The predicted molar refractivity (Wildman–Crippen MR) is 155 cm³/mol. The van der Waals surface area contributed by atoms with E-state index in [4.69, 9.17) is 13.8 Å². The van der Waals surface area contributed by atoms with E-state index in [9.17, 15) is 4.57 Å². The number of hydrogen-bond donors (Lipinski definition) is 0. The average molecular weight is 517 g/mol. The minimum Gasteiger partial charge on any atom is -0.496 e. The molecule has 0 aliphatic rings. The molecule has 0 radical (unpaired) electrons. The first-order chi connectivity index (χ1) is 18.7. The Bertz CT molecular complexity index is 1730. The molecule has 6 rings (SSSR count). The van der Waals surface area contributed by atoms with Gasteiger partial charge in [0, 0.05) is 10.8 Å². The van der Waals surface area contributed by atoms with Gasteiger partial charge in [-0.15, -0.1) is 0 Å². The first-order valence-corrected chi connectivity index (χ1v) is 13.9. The molecular formula is C33H25O4P. The lowest BCUT2D eigenvalue weighted by molar-refractivity contribution is 0.399. The third-order valence-electron chi connectivity index (χ3n) is 6.49. The van der Waals surface area contributed by atoms with Crippen LogP contribution in [0.2, 0.25) is 0 Å². The summed E-state index contributed by atoms with van der Waals surface area (Å²) in [6.07, 6.45) is 0. The van der Waals surface area contributed by atoms with Crippen molar-refractivity contribution in [2.45, 2.75) is 0 Å². The summed E-state index contributed by atoms with van der Waals surface area (Å²) in [6.45, 7) is 0. The fourth-order valence-corrected chi connectivity index (χ4v) is 6.66. The van der Waals surface area contributed by atoms with Crippen LogP contribution in [0.3, 0.4) is 0 Å². The lowest BCUT2D eigenvalue weighted by Gasteiger charge is -2.23. The zero-order chi connectivity index (χ0) is 26.0. The highest BCUT2D eigenvalue weighted by Gasteiger charge is 2.34. The molecule has 0 bridgehead atoms. The van der Waals surface area contributed by atoms with Crippen LogP contribution in [0.4, 0.5) is 0 Å². The molecule has 38 heavy (non-hydrogen) atoms. The average Bonchev–Trinajstić information content (AvgIpc) is 2.97. The topological polar surface area (TPSA) is 44.8 Å². The highest BCUT2D eigenvalue weighted by Crippen LogP contribution is 2.50. The van der Waals surface area contributed by atoms with E-state index in [0.717, 1.165) is 38.4 Å². The number of fused-ring (bicyclic) bond motifs is 2. The van der Waals surface area contributed by atoms with Crippen LogP contribution in [-0.2, 0) is 4.57 Å². The Kier molecular flexibility index (Phi) is 6.33. The van der Waals surface area contributed by atoms with E-state index in [1.807, 2.05) is 91.0 Å². The van der Waals surface area contributed by atoms with E-state index >= 15 is 0 Å². The molecule has 0 aromatic heterocycles. The molecule has 0 fully saturated rings. The van der Waals surface area contributed by atoms with E-state index < -0.39 is 7.60 Å². The molecule has 0 aliphatic heterocycles. The van der Waals surface area contributed by atoms with Crippen molar-refractivity contribution >= 4 is 34.4 Å². The second-order valence-electron chi connectivity index (χ2n) is 8.85. The van der Waals surface area contributed by atoms with E-state index in [1.165, 1.54) is 0 Å². The molecule has 0 amide bonds. The number of para-hydroxylation sites is 2. The molecule has 0 atom stereocenters. The van der Waals surface area contributed by atoms with Crippen LogP contribution in [0.25, 0.3) is 32.7 Å². The van der Waals surface area contributed by atoms with Crippen molar-refractivity contribution in [3.05, 3.63) is 133 Å². The first kappa shape index (κ1) is 23.8. The van der Waals surface area contributed by atoms with Gasteiger partial charge in [-0.05, 0) is 58.3 Å². The minimum absolute atomic E-state index is 0.466. The lowest BCUT2D eigenvalue weighted by Crippen LogP contribution is -2.16. The fourth-order valence-electron chi connectivity index (χ4n) is 4.83. The SMILES string of the molecule is COc1cccc2cccc(-c3cccc4cccc(P(=O)(Oc5ccccc5)Oc5ccccc5)c34)c12. The van der Waals surface area contributed by atoms with Crippen LogP contribution in [-0.4, -0.2) is 7.11 Å². The third kappa shape index (κ3) is 4.40. The fraction of sp³-hybridized carbons (Fsp3) is 0.0303. The van der Waals surface area contributed by atoms with Gasteiger partial charge in [-0.1, -0.05) is 97.1 Å². The number of benzene rings is 6. The molecule has 0 spiro atoms. The van der Waals surface area contributed by atoms with Gasteiger partial charge in [-0.25, -0.2) is 4.57 Å². The molecular weight excluding hydrogens is 491 g/mol. The maximum absolute atomic E-state index is 14.9. The van der Waals surface area contributed by atoms with E-state index in [2.05, 4.69) is 18.2 Å². The van der Waals surface area contributed by atoms with Gasteiger partial charge >= 0.3 is 7.60 Å². The highest BCUT2D eigenvalue weighted by atomic mass is 31.2. The Labute approximate surface area is 221 Å². The lowest BCUT2D eigenvalue weighted by atomic mass is 9.93. The van der Waals surface area contributed by atoms with Crippen molar-refractivity contribution in [2.75, 3.05) is 7.11 Å². The van der Waals surface area contributed by atoms with Crippen molar-refractivity contribution in [3.63, 3.8) is 0 Å². The molecule has 186 valence electrons. The summed E-state index contributed by atoms with van der Waals surface area (Å²) in [5.74, 6) is 1.71. The zero-order valence-corrected chi connectivity index (χ0v) is 21.7. The molecule has 4 nitrogen and oxygen atoms in total. The van der Waals surface area contributed by atoms with Crippen molar-refractivity contribution in [2.24, 2.45) is 0 Å². The largest absolute Gasteiger partial charge is 0.496 e. The standard InChI is InChI=1S/C33H25O4P/c1-35-30-22-10-14-24-12-8-20-28(32(24)30)29-21-9-13-25-15-11-23-31(33(25)29)38(34,36-26-16-4-2-5-17-26)37-27-18-6-3-7-19-27/h2-23H,1H3. The van der Waals surface area contributed by atoms with Crippen LogP contribution in [0.1, 0.15) is 0 Å². The molecule has 0 aliphatic carbocycles. The van der Waals surface area contributed by atoms with Crippen LogP contribution in [0.5, 0.6) is 17.2 Å². The Balaban J connectivity index is 1.64. The van der Waals surface area contributed by atoms with E-state index in [1.54, 1.807) is 31.4 Å². The summed E-state index contributed by atoms with van der Waals surface area (Å²) in [5, 5.41) is 4.28. The molecule has 6 aromatic carbocycles. The monoisotopic (exact) mass is 516 g/mol. The molecule has 0 saturated heterocycles. The second kappa shape index (κ2) is 10.1. The molecule has 0 saturated carbocycles. The summed E-state index contributed by atoms with van der Waals surface area (Å²) in [5.41, 5.74) is 1.89. The maximum Gasteiger partial charge on any atom is 0.463 e. The van der Waals surface area contributed by atoms with Gasteiger partial charge in [0.05, 0.1) is 12.4 Å². The second-order valence-corrected chi connectivity index (χ2v) is 10.7. The maximum atomic E-state index is 14.9. The van der Waals surface area contributed by atoms with Gasteiger partial charge in [-0.3, -0.25) is 0 Å². The van der Waals surface area contributed by atoms with Crippen LogP contribution >= 0.6 is 7.60 Å². The van der Waals surface area contributed by atoms with Crippen molar-refractivity contribution < 1.29 is 18.3 Å². The van der Waals surface area contributed by atoms with Crippen LogP contribution < -0.4 is 19.1 Å². The van der Waals surface area contributed by atoms with Gasteiger partial charge in [0.15, 0.2) is 0 Å². The molecule has 0 heterocycles. The van der Waals surface area contributed by atoms with Crippen molar-refractivity contribution in [3.8, 4) is 28.4 Å². The number of ether oxygens (including phenoxy) is 1. The Morgan fingerprint density at radius 1 is 0.500 bits per heavy atom. The molecule has 5 heteroatoms. The van der Waals surface area contributed by atoms with Gasteiger partial charge in [0.25, 0.3) is 0 Å². The summed E-state index contributed by atoms with van der Waals surface area (Å²) in [7, 11) is -2.24. The molecule has 6 aromatic rings. The smallest absolute Gasteiger partial charge is 0.463 e. The van der Waals surface area contributed by atoms with Crippen LogP contribution in [0, 0.1) is 0 Å². The summed E-state index contributed by atoms with van der Waals surface area (Å²) >= 11 is 0. The summed E-state index contributed by atoms with van der Waals surface area (Å²) in [6, 6.07) is 42.3. The van der Waals surface area contributed by atoms with E-state index in [0.29, 0.717) is 16.8 Å². The summed E-state index contributed by atoms with van der Waals surface area (Å²) < 4.78 is 33.1. The molecule has 0 unspecified atom stereocenters. The normalized spacial score (nSPS) is 11.4. The number of methoxy groups -OCH3 is 1. The number of hydrogen-bond acceptors (Lipinski definition) is 4. The van der Waals surface area contributed by atoms with Gasteiger partial charge in [-0.2, -0.15) is 0 Å². The quantitative estimate of drug-likeness (QED) is 0.199. The van der Waals surface area contributed by atoms with Gasteiger partial charge in [0.2, 0.25) is 0 Å². The Morgan fingerprint density at radius 3 is 1.53 bits per heavy atom. The third-order valence-corrected chi connectivity index (χ3v) is 8.36. The molecule has 0 N–H and O–H groups in total. The first-order valence-electron chi connectivity index (χ1n) is 12.3. The zero-order valence-electron chi connectivity index (χ0n) is 20.8. The van der Waals surface area contributed by atoms with Gasteiger partial charge in [0.1, 0.15) is 17.2 Å². The summed E-state index contributed by atoms with van der Waals surface area (Å²) in [4.78, 5) is 0. The number of rotatable bonds is 7. The Morgan fingerprint density at radius 2 is 0.974 bits per heavy atom. The van der Waals surface area contributed by atoms with Crippen molar-refractivity contribution in [1.82, 2.24) is 0 Å².